The van der Waals surface area contributed by atoms with Crippen LogP contribution in [0.1, 0.15) is 26.2 Å². The molecule has 2 aliphatic heterocycles. The van der Waals surface area contributed by atoms with Crippen LogP contribution in [0, 0.1) is 5.92 Å². The van der Waals surface area contributed by atoms with Crippen LogP contribution < -0.4 is 10.6 Å². The number of carbonyl (C=O) groups excluding carboxylic acids is 1. The highest BCUT2D eigenvalue weighted by Gasteiger charge is 2.23. The molecule has 0 saturated carbocycles. The molecule has 4 nitrogen and oxygen atoms in total. The minimum absolute atomic E-state index is 0.134. The topological polar surface area (TPSA) is 44.4 Å². The second-order valence-electron chi connectivity index (χ2n) is 4.83. The summed E-state index contributed by atoms with van der Waals surface area (Å²) in [7, 11) is 0. The van der Waals surface area contributed by atoms with Crippen molar-refractivity contribution >= 4 is 6.03 Å². The third kappa shape index (κ3) is 2.84. The highest BCUT2D eigenvalue weighted by atomic mass is 16.2. The van der Waals surface area contributed by atoms with E-state index in [1.807, 2.05) is 4.90 Å². The molecule has 2 saturated heterocycles. The highest BCUT2D eigenvalue weighted by molar-refractivity contribution is 5.74. The molecule has 0 bridgehead atoms. The molecular formula is C11H21N3O. The van der Waals surface area contributed by atoms with Gasteiger partial charge in [0.2, 0.25) is 0 Å². The molecular weight excluding hydrogens is 190 g/mol. The van der Waals surface area contributed by atoms with Crippen LogP contribution in [0.4, 0.5) is 4.79 Å². The van der Waals surface area contributed by atoms with E-state index < -0.39 is 0 Å². The molecule has 0 spiro atoms. The minimum atomic E-state index is 0.134. The number of hydrogen-bond acceptors (Lipinski definition) is 2. The minimum Gasteiger partial charge on any atom is -0.334 e. The first kappa shape index (κ1) is 10.7. The Bertz CT molecular complexity index is 226. The second kappa shape index (κ2) is 4.84. The van der Waals surface area contributed by atoms with Crippen molar-refractivity contribution in [1.29, 1.82) is 0 Å². The number of piperidine rings is 1. The van der Waals surface area contributed by atoms with Crippen molar-refractivity contribution in [3.05, 3.63) is 0 Å². The van der Waals surface area contributed by atoms with Gasteiger partial charge in [-0.1, -0.05) is 6.92 Å². The molecule has 2 N–H and O–H groups in total. The highest BCUT2D eigenvalue weighted by Crippen LogP contribution is 2.15. The average molecular weight is 211 g/mol. The zero-order valence-corrected chi connectivity index (χ0v) is 9.46. The molecule has 2 amide bonds. The van der Waals surface area contributed by atoms with Crippen LogP contribution in [0.2, 0.25) is 0 Å². The number of carbonyl (C=O) groups is 1. The van der Waals surface area contributed by atoms with E-state index in [0.29, 0.717) is 12.0 Å². The van der Waals surface area contributed by atoms with Gasteiger partial charge in [-0.15, -0.1) is 0 Å². The van der Waals surface area contributed by atoms with Crippen molar-refractivity contribution in [2.45, 2.75) is 32.2 Å². The van der Waals surface area contributed by atoms with Crippen LogP contribution in [0.25, 0.3) is 0 Å². The van der Waals surface area contributed by atoms with Crippen molar-refractivity contribution < 1.29 is 4.79 Å². The number of nitrogens with one attached hydrogen (secondary N) is 2. The zero-order chi connectivity index (χ0) is 10.7. The van der Waals surface area contributed by atoms with Crippen molar-refractivity contribution in [2.24, 2.45) is 5.92 Å². The summed E-state index contributed by atoms with van der Waals surface area (Å²) in [5, 5.41) is 6.35. The van der Waals surface area contributed by atoms with E-state index in [1.165, 1.54) is 6.42 Å². The average Bonchev–Trinajstić information content (AvgIpc) is 2.70. The van der Waals surface area contributed by atoms with Gasteiger partial charge in [-0.2, -0.15) is 0 Å². The Balaban J connectivity index is 1.78. The van der Waals surface area contributed by atoms with Gasteiger partial charge >= 0.3 is 6.03 Å². The van der Waals surface area contributed by atoms with E-state index >= 15 is 0 Å². The fourth-order valence-electron chi connectivity index (χ4n) is 2.42. The Morgan fingerprint density at radius 3 is 3.00 bits per heavy atom. The lowest BCUT2D eigenvalue weighted by Gasteiger charge is -2.31. The van der Waals surface area contributed by atoms with Gasteiger partial charge in [0.05, 0.1) is 0 Å². The zero-order valence-electron chi connectivity index (χ0n) is 9.46. The van der Waals surface area contributed by atoms with E-state index in [4.69, 9.17) is 0 Å². The predicted molar refractivity (Wildman–Crippen MR) is 59.8 cm³/mol. The van der Waals surface area contributed by atoms with Crippen LogP contribution in [0.5, 0.6) is 0 Å². The number of nitrogens with zero attached hydrogens (tertiary/aromatic N) is 1. The van der Waals surface area contributed by atoms with Gasteiger partial charge in [0.1, 0.15) is 0 Å². The van der Waals surface area contributed by atoms with Crippen LogP contribution in [-0.4, -0.2) is 43.2 Å². The lowest BCUT2D eigenvalue weighted by Crippen LogP contribution is -2.48. The maximum absolute atomic E-state index is 11.9. The van der Waals surface area contributed by atoms with Gasteiger partial charge in [0.25, 0.3) is 0 Å². The molecule has 15 heavy (non-hydrogen) atoms. The van der Waals surface area contributed by atoms with Crippen molar-refractivity contribution in [1.82, 2.24) is 15.5 Å². The van der Waals surface area contributed by atoms with Gasteiger partial charge in [0, 0.05) is 25.7 Å². The first-order valence-corrected chi connectivity index (χ1v) is 6.02. The molecule has 4 heteroatoms. The van der Waals surface area contributed by atoms with Crippen molar-refractivity contribution in [3.63, 3.8) is 0 Å². The van der Waals surface area contributed by atoms with Crippen LogP contribution in [0.15, 0.2) is 0 Å². The largest absolute Gasteiger partial charge is 0.334 e. The van der Waals surface area contributed by atoms with Crippen LogP contribution in [-0.2, 0) is 0 Å². The van der Waals surface area contributed by atoms with E-state index in [-0.39, 0.29) is 6.03 Å². The summed E-state index contributed by atoms with van der Waals surface area (Å²) in [4.78, 5) is 13.9. The summed E-state index contributed by atoms with van der Waals surface area (Å²) in [5.74, 6) is 0.659. The van der Waals surface area contributed by atoms with E-state index in [0.717, 1.165) is 39.0 Å². The summed E-state index contributed by atoms with van der Waals surface area (Å²) >= 11 is 0. The normalized spacial score (nSPS) is 31.7. The Morgan fingerprint density at radius 2 is 2.33 bits per heavy atom. The summed E-state index contributed by atoms with van der Waals surface area (Å²) in [6, 6.07) is 0.477. The molecule has 0 aromatic carbocycles. The smallest absolute Gasteiger partial charge is 0.317 e. The SMILES string of the molecule is CC1CCCN(C(=O)N[C@H]2CCNC2)C1. The van der Waals surface area contributed by atoms with Gasteiger partial charge in [0.15, 0.2) is 0 Å². The number of urea groups is 1. The lowest BCUT2D eigenvalue weighted by atomic mass is 10.0. The Morgan fingerprint density at radius 1 is 1.47 bits per heavy atom. The first-order chi connectivity index (χ1) is 7.25. The summed E-state index contributed by atoms with van der Waals surface area (Å²) in [6.45, 7) is 6.02. The fraction of sp³-hybridized carbons (Fsp3) is 0.909. The van der Waals surface area contributed by atoms with Gasteiger partial charge in [-0.3, -0.25) is 0 Å². The summed E-state index contributed by atoms with van der Waals surface area (Å²) in [5.41, 5.74) is 0. The fourth-order valence-corrected chi connectivity index (χ4v) is 2.42. The molecule has 0 radical (unpaired) electrons. The third-order valence-corrected chi connectivity index (χ3v) is 3.33. The number of amides is 2. The van der Waals surface area contributed by atoms with Crippen molar-refractivity contribution in [2.75, 3.05) is 26.2 Å². The molecule has 2 rings (SSSR count). The standard InChI is InChI=1S/C11H21N3O/c1-9-3-2-6-14(8-9)11(15)13-10-4-5-12-7-10/h9-10,12H,2-8H2,1H3,(H,13,15)/t9?,10-/m0/s1. The Labute approximate surface area is 91.4 Å². The molecule has 86 valence electrons. The molecule has 2 atom stereocenters. The predicted octanol–water partition coefficient (Wildman–Crippen LogP) is 0.790. The number of rotatable bonds is 1. The van der Waals surface area contributed by atoms with Gasteiger partial charge in [-0.05, 0) is 31.7 Å². The van der Waals surface area contributed by atoms with Crippen molar-refractivity contribution in [3.8, 4) is 0 Å². The maximum Gasteiger partial charge on any atom is 0.317 e. The molecule has 0 aliphatic carbocycles. The Hall–Kier alpha value is -0.770. The van der Waals surface area contributed by atoms with E-state index in [2.05, 4.69) is 17.6 Å². The maximum atomic E-state index is 11.9. The summed E-state index contributed by atoms with van der Waals surface area (Å²) < 4.78 is 0. The van der Waals surface area contributed by atoms with E-state index in [1.54, 1.807) is 0 Å². The third-order valence-electron chi connectivity index (χ3n) is 3.33. The van der Waals surface area contributed by atoms with Crippen LogP contribution >= 0.6 is 0 Å². The molecule has 2 aliphatic rings. The first-order valence-electron chi connectivity index (χ1n) is 6.02. The Kier molecular flexibility index (Phi) is 3.46. The quantitative estimate of drug-likeness (QED) is 0.673. The molecule has 2 fully saturated rings. The molecule has 0 aromatic rings. The lowest BCUT2D eigenvalue weighted by molar-refractivity contribution is 0.167. The van der Waals surface area contributed by atoms with Crippen LogP contribution in [0.3, 0.4) is 0 Å². The second-order valence-corrected chi connectivity index (χ2v) is 4.83. The summed E-state index contributed by atoms with van der Waals surface area (Å²) in [6.07, 6.45) is 3.47. The number of likely N-dealkylation sites (tertiary alicyclic amines) is 1. The molecule has 2 heterocycles. The van der Waals surface area contributed by atoms with Gasteiger partial charge in [-0.25, -0.2) is 4.79 Å². The monoisotopic (exact) mass is 211 g/mol. The van der Waals surface area contributed by atoms with Gasteiger partial charge < -0.3 is 15.5 Å². The molecule has 1 unspecified atom stereocenters. The van der Waals surface area contributed by atoms with E-state index in [9.17, 15) is 4.79 Å². The molecule has 0 aromatic heterocycles. The number of hydrogen-bond donors (Lipinski definition) is 2.